The average Bonchev–Trinajstić information content (AvgIpc) is 3.29. The minimum absolute atomic E-state index is 0.00510. The van der Waals surface area contributed by atoms with Crippen LogP contribution in [0, 0.1) is 13.8 Å². The second kappa shape index (κ2) is 9.24. The number of piperazine rings is 1. The highest BCUT2D eigenvalue weighted by Gasteiger charge is 2.28. The minimum atomic E-state index is 0.00510. The predicted octanol–water partition coefficient (Wildman–Crippen LogP) is 4.59. The van der Waals surface area contributed by atoms with Crippen LogP contribution in [0.4, 0.5) is 0 Å². The zero-order chi connectivity index (χ0) is 22.0. The Kier molecular flexibility index (Phi) is 6.43. The summed E-state index contributed by atoms with van der Waals surface area (Å²) in [6.07, 6.45) is 2.03. The third-order valence-corrected chi connectivity index (χ3v) is 6.66. The molecule has 0 N–H and O–H groups in total. The molecule has 2 aromatic carbocycles. The lowest BCUT2D eigenvalue weighted by molar-refractivity contribution is 0.0551. The summed E-state index contributed by atoms with van der Waals surface area (Å²) in [5.41, 5.74) is 3.97. The van der Waals surface area contributed by atoms with Crippen molar-refractivity contribution in [2.45, 2.75) is 31.7 Å². The van der Waals surface area contributed by atoms with Crippen LogP contribution < -0.4 is 0 Å². The number of aryl methyl sites for hydroxylation is 2. The molecular weight excluding hydrogens is 408 g/mol. The lowest BCUT2D eigenvalue weighted by atomic mass is 10.1. The number of benzene rings is 2. The second-order valence-corrected chi connectivity index (χ2v) is 8.89. The smallest absolute Gasteiger partial charge is 0.254 e. The van der Waals surface area contributed by atoms with Gasteiger partial charge in [-0.05, 0) is 44.7 Å². The fourth-order valence-electron chi connectivity index (χ4n) is 3.82. The minimum Gasteiger partial charge on any atom is -0.337 e. The van der Waals surface area contributed by atoms with Gasteiger partial charge in [-0.2, -0.15) is 4.98 Å². The first-order chi connectivity index (χ1) is 15.0. The van der Waals surface area contributed by atoms with E-state index in [1.165, 1.54) is 5.56 Å². The quantitative estimate of drug-likeness (QED) is 0.545. The largest absolute Gasteiger partial charge is 0.337 e. The van der Waals surface area contributed by atoms with Crippen LogP contribution in [0.3, 0.4) is 0 Å². The molecule has 0 saturated carbocycles. The van der Waals surface area contributed by atoms with E-state index in [4.69, 9.17) is 4.52 Å². The van der Waals surface area contributed by atoms with Crippen molar-refractivity contribution >= 4 is 17.7 Å². The maximum Gasteiger partial charge on any atom is 0.254 e. The standard InChI is InChI=1S/C24H28N4O2S/c1-16-5-8-19(9-6-16)22-25-23(30-26-22)18(3)27-11-13-28(14-12-27)24(29)21-15-20(31-4)10-7-17(21)2/h5-10,15,18H,11-14H2,1-4H3. The van der Waals surface area contributed by atoms with Crippen LogP contribution in [-0.2, 0) is 0 Å². The Morgan fingerprint density at radius 2 is 1.77 bits per heavy atom. The molecule has 6 nitrogen and oxygen atoms in total. The maximum atomic E-state index is 13.1. The highest BCUT2D eigenvalue weighted by atomic mass is 32.2. The van der Waals surface area contributed by atoms with Gasteiger partial charge >= 0.3 is 0 Å². The summed E-state index contributed by atoms with van der Waals surface area (Å²) in [5.74, 6) is 1.33. The Morgan fingerprint density at radius 3 is 2.45 bits per heavy atom. The number of nitrogens with zero attached hydrogens (tertiary/aromatic N) is 4. The molecule has 1 aliphatic rings. The van der Waals surface area contributed by atoms with Crippen molar-refractivity contribution in [1.29, 1.82) is 0 Å². The molecular formula is C24H28N4O2S. The maximum absolute atomic E-state index is 13.1. The van der Waals surface area contributed by atoms with Crippen molar-refractivity contribution < 1.29 is 9.32 Å². The summed E-state index contributed by atoms with van der Waals surface area (Å²) in [6.45, 7) is 9.05. The summed E-state index contributed by atoms with van der Waals surface area (Å²) in [6, 6.07) is 14.2. The monoisotopic (exact) mass is 436 g/mol. The summed E-state index contributed by atoms with van der Waals surface area (Å²) < 4.78 is 5.56. The lowest BCUT2D eigenvalue weighted by Crippen LogP contribution is -2.49. The van der Waals surface area contributed by atoms with Crippen LogP contribution in [0.5, 0.6) is 0 Å². The number of thioether (sulfide) groups is 1. The van der Waals surface area contributed by atoms with Gasteiger partial charge in [-0.25, -0.2) is 0 Å². The van der Waals surface area contributed by atoms with Crippen LogP contribution in [0.25, 0.3) is 11.4 Å². The Bertz CT molecular complexity index is 1060. The molecule has 1 unspecified atom stereocenters. The van der Waals surface area contributed by atoms with Gasteiger partial charge in [0.2, 0.25) is 11.7 Å². The van der Waals surface area contributed by atoms with Crippen LogP contribution >= 0.6 is 11.8 Å². The van der Waals surface area contributed by atoms with E-state index in [0.29, 0.717) is 24.8 Å². The van der Waals surface area contributed by atoms with Crippen LogP contribution in [0.1, 0.15) is 40.3 Å². The summed E-state index contributed by atoms with van der Waals surface area (Å²) in [4.78, 5) is 23.0. The van der Waals surface area contributed by atoms with Crippen LogP contribution in [0.2, 0.25) is 0 Å². The molecule has 0 bridgehead atoms. The summed E-state index contributed by atoms with van der Waals surface area (Å²) in [7, 11) is 0. The van der Waals surface area contributed by atoms with E-state index in [2.05, 4.69) is 35.0 Å². The van der Waals surface area contributed by atoms with Crippen LogP contribution in [0.15, 0.2) is 51.9 Å². The summed E-state index contributed by atoms with van der Waals surface area (Å²) in [5, 5.41) is 4.16. The molecule has 1 aromatic heterocycles. The van der Waals surface area contributed by atoms with Crippen molar-refractivity contribution in [3.05, 3.63) is 65.0 Å². The highest BCUT2D eigenvalue weighted by molar-refractivity contribution is 7.98. The van der Waals surface area contributed by atoms with Gasteiger partial charge in [0.05, 0.1) is 6.04 Å². The topological polar surface area (TPSA) is 62.5 Å². The molecule has 162 valence electrons. The van der Waals surface area contributed by atoms with E-state index in [1.807, 2.05) is 54.5 Å². The molecule has 1 saturated heterocycles. The van der Waals surface area contributed by atoms with Crippen molar-refractivity contribution in [1.82, 2.24) is 19.9 Å². The first kappa shape index (κ1) is 21.6. The molecule has 7 heteroatoms. The summed E-state index contributed by atoms with van der Waals surface area (Å²) >= 11 is 1.66. The van der Waals surface area contributed by atoms with Gasteiger partial charge in [0.1, 0.15) is 0 Å². The van der Waals surface area contributed by atoms with Gasteiger partial charge in [0.15, 0.2) is 0 Å². The van der Waals surface area contributed by atoms with Crippen LogP contribution in [-0.4, -0.2) is 58.3 Å². The number of amides is 1. The van der Waals surface area contributed by atoms with E-state index in [1.54, 1.807) is 11.8 Å². The molecule has 1 atom stereocenters. The van der Waals surface area contributed by atoms with E-state index in [9.17, 15) is 4.79 Å². The Labute approximate surface area is 187 Å². The third kappa shape index (κ3) is 4.67. The van der Waals surface area contributed by atoms with E-state index in [-0.39, 0.29) is 11.9 Å². The molecule has 0 radical (unpaired) electrons. The second-order valence-electron chi connectivity index (χ2n) is 8.01. The lowest BCUT2D eigenvalue weighted by Gasteiger charge is -2.37. The molecule has 1 aliphatic heterocycles. The van der Waals surface area contributed by atoms with Crippen molar-refractivity contribution in [2.24, 2.45) is 0 Å². The fourth-order valence-corrected chi connectivity index (χ4v) is 4.26. The predicted molar refractivity (Wildman–Crippen MR) is 123 cm³/mol. The molecule has 2 heterocycles. The fraction of sp³-hybridized carbons (Fsp3) is 0.375. The van der Waals surface area contributed by atoms with Gasteiger partial charge in [0.25, 0.3) is 5.91 Å². The Morgan fingerprint density at radius 1 is 1.06 bits per heavy atom. The molecule has 4 rings (SSSR count). The number of carbonyl (C=O) groups excluding carboxylic acids is 1. The SMILES string of the molecule is CSc1ccc(C)c(C(=O)N2CCN(C(C)c3nc(-c4ccc(C)cc4)no3)CC2)c1. The van der Waals surface area contributed by atoms with Crippen molar-refractivity contribution in [3.63, 3.8) is 0 Å². The normalized spacial score (nSPS) is 15.8. The van der Waals surface area contributed by atoms with Crippen molar-refractivity contribution in [2.75, 3.05) is 32.4 Å². The van der Waals surface area contributed by atoms with Gasteiger partial charge in [0, 0.05) is 42.2 Å². The Hall–Kier alpha value is -2.64. The number of hydrogen-bond acceptors (Lipinski definition) is 6. The van der Waals surface area contributed by atoms with Crippen molar-refractivity contribution in [3.8, 4) is 11.4 Å². The van der Waals surface area contributed by atoms with Gasteiger partial charge in [-0.3, -0.25) is 9.69 Å². The molecule has 0 spiro atoms. The molecule has 31 heavy (non-hydrogen) atoms. The zero-order valence-electron chi connectivity index (χ0n) is 18.5. The molecule has 1 fully saturated rings. The van der Waals surface area contributed by atoms with E-state index in [0.717, 1.165) is 34.7 Å². The van der Waals surface area contributed by atoms with Gasteiger partial charge in [-0.1, -0.05) is 41.1 Å². The Balaban J connectivity index is 1.40. The third-order valence-electron chi connectivity index (χ3n) is 5.93. The first-order valence-corrected chi connectivity index (χ1v) is 11.8. The van der Waals surface area contributed by atoms with E-state index < -0.39 is 0 Å². The number of rotatable bonds is 5. The van der Waals surface area contributed by atoms with Gasteiger partial charge in [-0.15, -0.1) is 11.8 Å². The highest BCUT2D eigenvalue weighted by Crippen LogP contribution is 2.25. The zero-order valence-corrected chi connectivity index (χ0v) is 19.3. The molecule has 0 aliphatic carbocycles. The average molecular weight is 437 g/mol. The molecule has 1 amide bonds. The number of aromatic nitrogens is 2. The number of hydrogen-bond donors (Lipinski definition) is 0. The first-order valence-electron chi connectivity index (χ1n) is 10.5. The molecule has 3 aromatic rings. The van der Waals surface area contributed by atoms with E-state index >= 15 is 0 Å². The van der Waals surface area contributed by atoms with Gasteiger partial charge < -0.3 is 9.42 Å². The number of carbonyl (C=O) groups is 1.